The summed E-state index contributed by atoms with van der Waals surface area (Å²) >= 11 is 0. The van der Waals surface area contributed by atoms with Crippen molar-refractivity contribution < 1.29 is 14.6 Å². The standard InChI is InChI=1S/C15H21NO3/c1-10-4-7-13(11(2)17)14(8-10)19-9-15(18)16(3)12-5-6-12/h4,7-8,11-12,17H,5-6,9H2,1-3H3/t11-/m0/s1. The Labute approximate surface area is 114 Å². The minimum atomic E-state index is -0.605. The van der Waals surface area contributed by atoms with Crippen LogP contribution < -0.4 is 4.74 Å². The fourth-order valence-electron chi connectivity index (χ4n) is 2.02. The summed E-state index contributed by atoms with van der Waals surface area (Å²) in [5, 5.41) is 9.69. The third kappa shape index (κ3) is 3.47. The number of carbonyl (C=O) groups is 1. The largest absolute Gasteiger partial charge is 0.483 e. The van der Waals surface area contributed by atoms with Gasteiger partial charge in [0.05, 0.1) is 6.10 Å². The maximum Gasteiger partial charge on any atom is 0.260 e. The molecular weight excluding hydrogens is 242 g/mol. The van der Waals surface area contributed by atoms with Crippen molar-refractivity contribution in [1.82, 2.24) is 4.90 Å². The lowest BCUT2D eigenvalue weighted by atomic mass is 10.1. The second-order valence-corrected chi connectivity index (χ2v) is 5.24. The smallest absolute Gasteiger partial charge is 0.260 e. The highest BCUT2D eigenvalue weighted by Crippen LogP contribution is 2.27. The van der Waals surface area contributed by atoms with E-state index in [9.17, 15) is 9.90 Å². The Morgan fingerprint density at radius 1 is 1.53 bits per heavy atom. The van der Waals surface area contributed by atoms with Crippen molar-refractivity contribution in [2.45, 2.75) is 38.8 Å². The van der Waals surface area contributed by atoms with E-state index in [4.69, 9.17) is 4.74 Å². The maximum absolute atomic E-state index is 11.9. The number of likely N-dealkylation sites (N-methyl/N-ethyl adjacent to an activating group) is 1. The van der Waals surface area contributed by atoms with Gasteiger partial charge >= 0.3 is 0 Å². The molecule has 1 saturated carbocycles. The van der Waals surface area contributed by atoms with Crippen LogP contribution in [0, 0.1) is 6.92 Å². The van der Waals surface area contributed by atoms with Crippen molar-refractivity contribution in [3.8, 4) is 5.75 Å². The van der Waals surface area contributed by atoms with Gasteiger partial charge in [-0.05, 0) is 38.3 Å². The van der Waals surface area contributed by atoms with Crippen LogP contribution in [0.25, 0.3) is 0 Å². The molecule has 104 valence electrons. The first kappa shape index (κ1) is 13.9. The van der Waals surface area contributed by atoms with E-state index in [1.165, 1.54) is 0 Å². The summed E-state index contributed by atoms with van der Waals surface area (Å²) in [6.45, 7) is 3.67. The van der Waals surface area contributed by atoms with E-state index in [1.54, 1.807) is 11.8 Å². The second-order valence-electron chi connectivity index (χ2n) is 5.24. The number of ether oxygens (including phenoxy) is 1. The van der Waals surface area contributed by atoms with Gasteiger partial charge in [0, 0.05) is 18.7 Å². The fourth-order valence-corrected chi connectivity index (χ4v) is 2.02. The van der Waals surface area contributed by atoms with E-state index in [0.717, 1.165) is 18.4 Å². The molecule has 1 aliphatic rings. The molecule has 0 saturated heterocycles. The molecule has 1 fully saturated rings. The van der Waals surface area contributed by atoms with E-state index in [2.05, 4.69) is 0 Å². The van der Waals surface area contributed by atoms with Crippen LogP contribution in [0.15, 0.2) is 18.2 Å². The highest BCUT2D eigenvalue weighted by Gasteiger charge is 2.29. The van der Waals surface area contributed by atoms with Gasteiger partial charge in [-0.2, -0.15) is 0 Å². The maximum atomic E-state index is 11.9. The van der Waals surface area contributed by atoms with Crippen LogP contribution in [0.2, 0.25) is 0 Å². The molecule has 1 aliphatic carbocycles. The summed E-state index contributed by atoms with van der Waals surface area (Å²) in [4.78, 5) is 13.7. The Kier molecular flexibility index (Phi) is 4.10. The summed E-state index contributed by atoms with van der Waals surface area (Å²) in [6, 6.07) is 6.01. The van der Waals surface area contributed by atoms with Crippen molar-refractivity contribution in [3.05, 3.63) is 29.3 Å². The van der Waals surface area contributed by atoms with Gasteiger partial charge in [-0.3, -0.25) is 4.79 Å². The first-order valence-corrected chi connectivity index (χ1v) is 6.66. The molecule has 1 amide bonds. The number of hydrogen-bond acceptors (Lipinski definition) is 3. The number of carbonyl (C=O) groups excluding carboxylic acids is 1. The predicted octanol–water partition coefficient (Wildman–Crippen LogP) is 2.05. The average molecular weight is 263 g/mol. The number of aryl methyl sites for hydroxylation is 1. The van der Waals surface area contributed by atoms with E-state index in [0.29, 0.717) is 17.4 Å². The van der Waals surface area contributed by atoms with Crippen molar-refractivity contribution >= 4 is 5.91 Å². The summed E-state index contributed by atoms with van der Waals surface area (Å²) in [5.74, 6) is 0.577. The van der Waals surface area contributed by atoms with Gasteiger partial charge in [0.2, 0.25) is 0 Å². The molecule has 0 radical (unpaired) electrons. The summed E-state index contributed by atoms with van der Waals surface area (Å²) in [7, 11) is 1.81. The quantitative estimate of drug-likeness (QED) is 0.884. The number of benzene rings is 1. The van der Waals surface area contributed by atoms with Crippen molar-refractivity contribution in [2.24, 2.45) is 0 Å². The fraction of sp³-hybridized carbons (Fsp3) is 0.533. The Morgan fingerprint density at radius 2 is 2.21 bits per heavy atom. The normalized spacial score (nSPS) is 16.0. The molecule has 1 aromatic carbocycles. The second kappa shape index (κ2) is 5.61. The topological polar surface area (TPSA) is 49.8 Å². The molecule has 0 bridgehead atoms. The Balaban J connectivity index is 2.01. The monoisotopic (exact) mass is 263 g/mol. The van der Waals surface area contributed by atoms with Gasteiger partial charge in [0.1, 0.15) is 5.75 Å². The molecule has 19 heavy (non-hydrogen) atoms. The van der Waals surface area contributed by atoms with Crippen LogP contribution in [0.3, 0.4) is 0 Å². The first-order valence-electron chi connectivity index (χ1n) is 6.66. The van der Waals surface area contributed by atoms with Gasteiger partial charge in [-0.1, -0.05) is 12.1 Å². The molecule has 1 atom stereocenters. The lowest BCUT2D eigenvalue weighted by Gasteiger charge is -2.18. The van der Waals surface area contributed by atoms with Crippen LogP contribution >= 0.6 is 0 Å². The van der Waals surface area contributed by atoms with Gasteiger partial charge in [0.25, 0.3) is 5.91 Å². The Morgan fingerprint density at radius 3 is 2.79 bits per heavy atom. The van der Waals surface area contributed by atoms with Crippen LogP contribution in [0.1, 0.15) is 37.0 Å². The lowest BCUT2D eigenvalue weighted by molar-refractivity contribution is -0.132. The molecule has 4 nitrogen and oxygen atoms in total. The zero-order chi connectivity index (χ0) is 14.0. The lowest BCUT2D eigenvalue weighted by Crippen LogP contribution is -2.33. The number of aliphatic hydroxyl groups excluding tert-OH is 1. The number of nitrogens with zero attached hydrogens (tertiary/aromatic N) is 1. The van der Waals surface area contributed by atoms with E-state index >= 15 is 0 Å². The van der Waals surface area contributed by atoms with Crippen molar-refractivity contribution in [3.63, 3.8) is 0 Å². The highest BCUT2D eigenvalue weighted by atomic mass is 16.5. The minimum absolute atomic E-state index is 0.0134. The van der Waals surface area contributed by atoms with E-state index < -0.39 is 6.10 Å². The molecule has 4 heteroatoms. The predicted molar refractivity (Wildman–Crippen MR) is 73.1 cm³/mol. The molecule has 1 aromatic rings. The van der Waals surface area contributed by atoms with Crippen molar-refractivity contribution in [2.75, 3.05) is 13.7 Å². The average Bonchev–Trinajstić information content (AvgIpc) is 3.18. The molecule has 0 aliphatic heterocycles. The molecule has 1 N–H and O–H groups in total. The SMILES string of the molecule is Cc1ccc([C@H](C)O)c(OCC(=O)N(C)C2CC2)c1. The third-order valence-corrected chi connectivity index (χ3v) is 3.46. The molecule has 0 aromatic heterocycles. The van der Waals surface area contributed by atoms with Crippen LogP contribution in [-0.4, -0.2) is 35.6 Å². The van der Waals surface area contributed by atoms with Gasteiger partial charge in [0.15, 0.2) is 6.61 Å². The van der Waals surface area contributed by atoms with E-state index in [-0.39, 0.29) is 12.5 Å². The first-order chi connectivity index (χ1) is 8.99. The number of hydrogen-bond donors (Lipinski definition) is 1. The van der Waals surface area contributed by atoms with Crippen LogP contribution in [0.5, 0.6) is 5.75 Å². The Bertz CT molecular complexity index is 466. The number of amides is 1. The zero-order valence-electron chi connectivity index (χ0n) is 11.7. The zero-order valence-corrected chi connectivity index (χ0v) is 11.7. The molecule has 2 rings (SSSR count). The Hall–Kier alpha value is -1.55. The molecule has 0 spiro atoms. The number of aliphatic hydroxyl groups is 1. The molecule has 0 heterocycles. The van der Waals surface area contributed by atoms with Crippen LogP contribution in [-0.2, 0) is 4.79 Å². The number of rotatable bonds is 5. The summed E-state index contributed by atoms with van der Waals surface area (Å²) in [6.07, 6.45) is 1.57. The molecule has 0 unspecified atom stereocenters. The highest BCUT2D eigenvalue weighted by molar-refractivity contribution is 5.78. The third-order valence-electron chi connectivity index (χ3n) is 3.46. The van der Waals surface area contributed by atoms with Gasteiger partial charge in [-0.25, -0.2) is 0 Å². The summed E-state index contributed by atoms with van der Waals surface area (Å²) < 4.78 is 5.59. The van der Waals surface area contributed by atoms with Gasteiger partial charge in [-0.15, -0.1) is 0 Å². The molecular formula is C15H21NO3. The summed E-state index contributed by atoms with van der Waals surface area (Å²) in [5.41, 5.74) is 1.76. The van der Waals surface area contributed by atoms with Crippen molar-refractivity contribution in [1.29, 1.82) is 0 Å². The van der Waals surface area contributed by atoms with Crippen LogP contribution in [0.4, 0.5) is 0 Å². The van der Waals surface area contributed by atoms with E-state index in [1.807, 2.05) is 32.2 Å². The van der Waals surface area contributed by atoms with Gasteiger partial charge < -0.3 is 14.7 Å². The minimum Gasteiger partial charge on any atom is -0.483 e.